The minimum atomic E-state index is -0.832. The van der Waals surface area contributed by atoms with Gasteiger partial charge in [-0.05, 0) is 38.5 Å². The molecule has 2 aliphatic rings. The molecule has 4 unspecified atom stereocenters. The van der Waals surface area contributed by atoms with E-state index >= 15 is 0 Å². The van der Waals surface area contributed by atoms with Crippen molar-refractivity contribution >= 4 is 16.8 Å². The van der Waals surface area contributed by atoms with Crippen molar-refractivity contribution in [1.82, 2.24) is 10.6 Å². The van der Waals surface area contributed by atoms with E-state index in [1.165, 1.54) is 6.42 Å². The highest BCUT2D eigenvalue weighted by atomic mass is 32.2. The molecule has 1 aliphatic heterocycles. The maximum atomic E-state index is 12.1. The molecule has 1 saturated heterocycles. The molecule has 2 fully saturated rings. The first-order chi connectivity index (χ1) is 10.7. The van der Waals surface area contributed by atoms with E-state index < -0.39 is 10.8 Å². The topological polar surface area (TPSA) is 67.4 Å². The summed E-state index contributed by atoms with van der Waals surface area (Å²) in [5, 5.41) is 6.08. The Balaban J connectivity index is 1.69. The molecule has 5 nitrogen and oxygen atoms in total. The van der Waals surface area contributed by atoms with Crippen molar-refractivity contribution in [3.05, 3.63) is 0 Å². The zero-order valence-corrected chi connectivity index (χ0v) is 14.5. The number of carbonyl (C=O) groups is 1. The van der Waals surface area contributed by atoms with Crippen LogP contribution >= 0.6 is 0 Å². The molecular weight excluding hydrogens is 300 g/mol. The smallest absolute Gasteiger partial charge is 0.315 e. The van der Waals surface area contributed by atoms with Gasteiger partial charge in [-0.15, -0.1) is 0 Å². The lowest BCUT2D eigenvalue weighted by Gasteiger charge is -2.31. The lowest BCUT2D eigenvalue weighted by molar-refractivity contribution is 0.0120. The first kappa shape index (κ1) is 17.7. The summed E-state index contributed by atoms with van der Waals surface area (Å²) in [6, 6.07) is -0.0683. The summed E-state index contributed by atoms with van der Waals surface area (Å²) in [6.45, 7) is 3.44. The van der Waals surface area contributed by atoms with E-state index in [0.717, 1.165) is 51.6 Å². The van der Waals surface area contributed by atoms with E-state index in [1.54, 1.807) is 0 Å². The van der Waals surface area contributed by atoms with Crippen LogP contribution in [-0.2, 0) is 15.5 Å². The quantitative estimate of drug-likeness (QED) is 0.785. The van der Waals surface area contributed by atoms with Gasteiger partial charge < -0.3 is 15.4 Å². The maximum Gasteiger partial charge on any atom is 0.315 e. The number of carbonyl (C=O) groups excluding carboxylic acids is 1. The Morgan fingerprint density at radius 2 is 1.95 bits per heavy atom. The molecule has 0 aromatic heterocycles. The lowest BCUT2D eigenvalue weighted by atomic mass is 9.95. The predicted octanol–water partition coefficient (Wildman–Crippen LogP) is 2.32. The summed E-state index contributed by atoms with van der Waals surface area (Å²) >= 11 is 0. The number of ether oxygens (including phenoxy) is 1. The second-order valence-electron chi connectivity index (χ2n) is 6.28. The van der Waals surface area contributed by atoms with Gasteiger partial charge in [0.2, 0.25) is 0 Å². The van der Waals surface area contributed by atoms with E-state index in [0.29, 0.717) is 18.4 Å². The summed E-state index contributed by atoms with van der Waals surface area (Å²) in [7, 11) is -0.832. The summed E-state index contributed by atoms with van der Waals surface area (Å²) in [5.41, 5.74) is 0. The van der Waals surface area contributed by atoms with Gasteiger partial charge in [-0.1, -0.05) is 19.8 Å². The molecule has 4 atom stereocenters. The zero-order chi connectivity index (χ0) is 15.8. The van der Waals surface area contributed by atoms with Crippen molar-refractivity contribution in [2.24, 2.45) is 0 Å². The third-order valence-corrected chi connectivity index (χ3v) is 6.48. The maximum absolute atomic E-state index is 12.1. The van der Waals surface area contributed by atoms with E-state index in [1.807, 2.05) is 6.92 Å². The summed E-state index contributed by atoms with van der Waals surface area (Å²) in [5.74, 6) is 0.670. The first-order valence-electron chi connectivity index (χ1n) is 8.74. The van der Waals surface area contributed by atoms with Crippen LogP contribution in [0.1, 0.15) is 58.3 Å². The minimum Gasteiger partial charge on any atom is -0.378 e. The Kier molecular flexibility index (Phi) is 7.66. The van der Waals surface area contributed by atoms with Crippen LogP contribution in [0.15, 0.2) is 0 Å². The van der Waals surface area contributed by atoms with Crippen LogP contribution in [0.2, 0.25) is 0 Å². The van der Waals surface area contributed by atoms with Crippen LogP contribution in [0.25, 0.3) is 0 Å². The van der Waals surface area contributed by atoms with Crippen molar-refractivity contribution in [3.8, 4) is 0 Å². The monoisotopic (exact) mass is 330 g/mol. The second kappa shape index (κ2) is 9.50. The summed E-state index contributed by atoms with van der Waals surface area (Å²) < 4.78 is 17.8. The molecule has 1 aliphatic carbocycles. The molecule has 6 heteroatoms. The largest absolute Gasteiger partial charge is 0.378 e. The molecular formula is C16H30N2O3S. The van der Waals surface area contributed by atoms with Gasteiger partial charge in [-0.25, -0.2) is 4.79 Å². The molecule has 2 rings (SSSR count). The van der Waals surface area contributed by atoms with E-state index in [4.69, 9.17) is 4.74 Å². The van der Waals surface area contributed by atoms with Gasteiger partial charge in [-0.2, -0.15) is 0 Å². The molecule has 0 spiro atoms. The molecule has 1 saturated carbocycles. The fourth-order valence-corrected chi connectivity index (χ4v) is 4.82. The number of rotatable bonds is 6. The molecule has 0 aromatic rings. The zero-order valence-electron chi connectivity index (χ0n) is 13.6. The van der Waals surface area contributed by atoms with E-state index in [9.17, 15) is 9.00 Å². The Morgan fingerprint density at radius 3 is 2.68 bits per heavy atom. The number of nitrogens with one attached hydrogen (secondary N) is 2. The number of hydrogen-bond acceptors (Lipinski definition) is 3. The fourth-order valence-electron chi connectivity index (χ4n) is 3.39. The molecule has 2 amide bonds. The average Bonchev–Trinajstić information content (AvgIpc) is 2.55. The molecule has 0 radical (unpaired) electrons. The molecule has 22 heavy (non-hydrogen) atoms. The van der Waals surface area contributed by atoms with Crippen molar-refractivity contribution in [3.63, 3.8) is 0 Å². The van der Waals surface area contributed by atoms with Crippen molar-refractivity contribution < 1.29 is 13.7 Å². The number of urea groups is 1. The molecule has 1 heterocycles. The van der Waals surface area contributed by atoms with Crippen LogP contribution < -0.4 is 10.6 Å². The Hall–Kier alpha value is -0.620. The molecule has 128 valence electrons. The highest BCUT2D eigenvalue weighted by Gasteiger charge is 2.30. The van der Waals surface area contributed by atoms with Gasteiger partial charge >= 0.3 is 6.03 Å². The fraction of sp³-hybridized carbons (Fsp3) is 0.938. The van der Waals surface area contributed by atoms with E-state index in [-0.39, 0.29) is 17.3 Å². The Labute approximate surface area is 136 Å². The van der Waals surface area contributed by atoms with Crippen LogP contribution in [-0.4, -0.2) is 46.5 Å². The van der Waals surface area contributed by atoms with Gasteiger partial charge in [0.15, 0.2) is 0 Å². The van der Waals surface area contributed by atoms with Crippen molar-refractivity contribution in [2.75, 3.05) is 18.9 Å². The van der Waals surface area contributed by atoms with Crippen LogP contribution in [0.4, 0.5) is 4.79 Å². The molecule has 0 aromatic carbocycles. The first-order valence-corrected chi connectivity index (χ1v) is 10.1. The summed E-state index contributed by atoms with van der Waals surface area (Å²) in [6.07, 6.45) is 8.78. The van der Waals surface area contributed by atoms with Crippen LogP contribution in [0.5, 0.6) is 0 Å². The third kappa shape index (κ3) is 5.54. The van der Waals surface area contributed by atoms with Gasteiger partial charge in [0.05, 0.1) is 11.4 Å². The third-order valence-electron chi connectivity index (χ3n) is 4.67. The normalized spacial score (nSPS) is 30.5. The van der Waals surface area contributed by atoms with Crippen molar-refractivity contribution in [1.29, 1.82) is 0 Å². The summed E-state index contributed by atoms with van der Waals surface area (Å²) in [4.78, 5) is 12.0. The molecule has 2 N–H and O–H groups in total. The minimum absolute atomic E-state index is 0.0560. The standard InChI is InChI=1S/C16H30N2O3S/c1-2-22(20)15-9-4-3-8-14(15)18-16(19)17-11-10-13-7-5-6-12-21-13/h13-15H,2-12H2,1H3,(H2,17,18,19). The van der Waals surface area contributed by atoms with E-state index in [2.05, 4.69) is 10.6 Å². The predicted molar refractivity (Wildman–Crippen MR) is 89.5 cm³/mol. The number of hydrogen-bond donors (Lipinski definition) is 2. The highest BCUT2D eigenvalue weighted by molar-refractivity contribution is 7.85. The molecule has 0 bridgehead atoms. The highest BCUT2D eigenvalue weighted by Crippen LogP contribution is 2.23. The second-order valence-corrected chi connectivity index (χ2v) is 8.22. The van der Waals surface area contributed by atoms with Crippen LogP contribution in [0.3, 0.4) is 0 Å². The SMILES string of the molecule is CCS(=O)C1CCCCC1NC(=O)NCCC1CCCCO1. The average molecular weight is 330 g/mol. The van der Waals surface area contributed by atoms with Crippen molar-refractivity contribution in [2.45, 2.75) is 75.7 Å². The Morgan fingerprint density at radius 1 is 1.18 bits per heavy atom. The van der Waals surface area contributed by atoms with Crippen LogP contribution in [0, 0.1) is 0 Å². The Bertz CT molecular complexity index is 372. The lowest BCUT2D eigenvalue weighted by Crippen LogP contribution is -2.50. The van der Waals surface area contributed by atoms with Gasteiger partial charge in [0.1, 0.15) is 0 Å². The van der Waals surface area contributed by atoms with Gasteiger partial charge in [0.25, 0.3) is 0 Å². The van der Waals surface area contributed by atoms with Gasteiger partial charge in [-0.3, -0.25) is 4.21 Å². The number of amides is 2. The van der Waals surface area contributed by atoms with Gasteiger partial charge in [0, 0.05) is 35.7 Å².